The first kappa shape index (κ1) is 4.72. The van der Waals surface area contributed by atoms with E-state index in [1.165, 1.54) is 11.1 Å². The average molecular weight is 114 g/mol. The van der Waals surface area contributed by atoms with Gasteiger partial charge in [0, 0.05) is 6.08 Å². The van der Waals surface area contributed by atoms with Gasteiger partial charge in [-0.05, 0) is 11.6 Å². The Morgan fingerprint density at radius 1 is 1.56 bits per heavy atom. The molecule has 0 saturated heterocycles. The third-order valence-corrected chi connectivity index (χ3v) is 1.54. The van der Waals surface area contributed by atoms with Gasteiger partial charge in [0.25, 0.3) is 0 Å². The van der Waals surface area contributed by atoms with Gasteiger partial charge in [-0.1, -0.05) is 12.0 Å². The van der Waals surface area contributed by atoms with Crippen LogP contribution in [0.3, 0.4) is 0 Å². The monoisotopic (exact) mass is 114 g/mol. The average Bonchev–Trinajstić information content (AvgIpc) is 2.33. The SMILES string of the molecule is [C+]1=CC2=C(C=[C-]C2)C=C1. The second kappa shape index (κ2) is 1.68. The van der Waals surface area contributed by atoms with Crippen molar-refractivity contribution < 1.29 is 0 Å². The smallest absolute Gasteiger partial charge is 0.0868 e. The topological polar surface area (TPSA) is 0 Å². The zero-order valence-corrected chi connectivity index (χ0v) is 5.02. The van der Waals surface area contributed by atoms with Crippen molar-refractivity contribution in [1.82, 2.24) is 0 Å². The molecule has 0 radical (unpaired) electrons. The molecule has 42 valence electrons. The summed E-state index contributed by atoms with van der Waals surface area (Å²) in [5.41, 5.74) is 2.64. The van der Waals surface area contributed by atoms with Gasteiger partial charge in [-0.2, -0.15) is 0 Å². The molecule has 0 atom stereocenters. The molecule has 0 aromatic rings. The molecule has 0 amide bonds. The van der Waals surface area contributed by atoms with E-state index in [0.717, 1.165) is 6.42 Å². The maximum atomic E-state index is 3.14. The van der Waals surface area contributed by atoms with Crippen LogP contribution < -0.4 is 0 Å². The molecule has 0 saturated carbocycles. The van der Waals surface area contributed by atoms with Crippen LogP contribution in [0.2, 0.25) is 0 Å². The molecule has 0 spiro atoms. The zero-order valence-electron chi connectivity index (χ0n) is 5.02. The van der Waals surface area contributed by atoms with E-state index in [1.54, 1.807) is 0 Å². The molecule has 0 fully saturated rings. The standard InChI is InChI=1S/C9H6/c1-2-5-9-7-3-6-8(9)4-1/h1,4-6H,7H2. The van der Waals surface area contributed by atoms with Crippen molar-refractivity contribution in [3.63, 3.8) is 0 Å². The largest absolute Gasteiger partial charge is 0.256 e. The molecule has 0 bridgehead atoms. The first-order valence-corrected chi connectivity index (χ1v) is 3.02. The second-order valence-electron chi connectivity index (χ2n) is 2.15. The van der Waals surface area contributed by atoms with Gasteiger partial charge in [-0.25, -0.2) is 6.08 Å². The predicted molar refractivity (Wildman–Crippen MR) is 36.4 cm³/mol. The highest BCUT2D eigenvalue weighted by Crippen LogP contribution is 2.22. The van der Waals surface area contributed by atoms with E-state index < -0.39 is 0 Å². The van der Waals surface area contributed by atoms with E-state index in [-0.39, 0.29) is 0 Å². The Balaban J connectivity index is 2.49. The lowest BCUT2D eigenvalue weighted by Crippen LogP contribution is -1.79. The Kier molecular flexibility index (Phi) is 0.881. The van der Waals surface area contributed by atoms with E-state index in [2.05, 4.69) is 18.2 Å². The molecule has 9 heavy (non-hydrogen) atoms. The van der Waals surface area contributed by atoms with Gasteiger partial charge < -0.3 is 0 Å². The summed E-state index contributed by atoms with van der Waals surface area (Å²) in [5, 5.41) is 0. The third kappa shape index (κ3) is 0.647. The fourth-order valence-corrected chi connectivity index (χ4v) is 1.04. The van der Waals surface area contributed by atoms with Crippen LogP contribution in [0.25, 0.3) is 0 Å². The van der Waals surface area contributed by atoms with Crippen molar-refractivity contribution in [2.75, 3.05) is 0 Å². The van der Waals surface area contributed by atoms with Crippen LogP contribution in [0.5, 0.6) is 0 Å². The lowest BCUT2D eigenvalue weighted by atomic mass is 10.1. The highest BCUT2D eigenvalue weighted by Gasteiger charge is 2.03. The van der Waals surface area contributed by atoms with Crippen LogP contribution in [-0.4, -0.2) is 0 Å². The first-order chi connectivity index (χ1) is 4.47. The van der Waals surface area contributed by atoms with Crippen LogP contribution in [0.15, 0.2) is 35.5 Å². The van der Waals surface area contributed by atoms with Crippen LogP contribution in [0.1, 0.15) is 6.42 Å². The molecule has 0 heteroatoms. The molecule has 0 nitrogen and oxygen atoms in total. The van der Waals surface area contributed by atoms with Gasteiger partial charge in [-0.3, -0.25) is 6.08 Å². The lowest BCUT2D eigenvalue weighted by Gasteiger charge is -1.97. The van der Waals surface area contributed by atoms with Crippen molar-refractivity contribution in [2.24, 2.45) is 0 Å². The van der Waals surface area contributed by atoms with Crippen molar-refractivity contribution in [3.8, 4) is 0 Å². The predicted octanol–water partition coefficient (Wildman–Crippen LogP) is 1.98. The molecular formula is C9H6. The number of hydrogen-bond acceptors (Lipinski definition) is 0. The number of hydrogen-bond donors (Lipinski definition) is 0. The quantitative estimate of drug-likeness (QED) is 0.422. The first-order valence-electron chi connectivity index (χ1n) is 3.02. The van der Waals surface area contributed by atoms with E-state index in [9.17, 15) is 0 Å². The second-order valence-corrected chi connectivity index (χ2v) is 2.15. The molecule has 0 aromatic heterocycles. The minimum atomic E-state index is 0.965. The molecule has 2 aliphatic carbocycles. The van der Waals surface area contributed by atoms with Crippen LogP contribution in [0.4, 0.5) is 0 Å². The van der Waals surface area contributed by atoms with Crippen molar-refractivity contribution >= 4 is 0 Å². The zero-order chi connectivity index (χ0) is 6.10. The number of allylic oxidation sites excluding steroid dienone is 8. The third-order valence-electron chi connectivity index (χ3n) is 1.54. The summed E-state index contributed by atoms with van der Waals surface area (Å²) in [4.78, 5) is 0. The van der Waals surface area contributed by atoms with Crippen molar-refractivity contribution in [3.05, 3.63) is 47.6 Å². The molecular weight excluding hydrogens is 108 g/mol. The van der Waals surface area contributed by atoms with Crippen LogP contribution >= 0.6 is 0 Å². The molecule has 2 aliphatic rings. The van der Waals surface area contributed by atoms with Crippen molar-refractivity contribution in [1.29, 1.82) is 0 Å². The normalized spacial score (nSPS) is 20.4. The van der Waals surface area contributed by atoms with Gasteiger partial charge in [0.15, 0.2) is 0 Å². The van der Waals surface area contributed by atoms with Gasteiger partial charge in [0.2, 0.25) is 0 Å². The van der Waals surface area contributed by atoms with Gasteiger partial charge in [0.05, 0.1) is 12.2 Å². The Morgan fingerprint density at radius 3 is 3.44 bits per heavy atom. The molecule has 0 unspecified atom stereocenters. The molecule has 0 heterocycles. The van der Waals surface area contributed by atoms with Gasteiger partial charge in [0.1, 0.15) is 0 Å². The lowest BCUT2D eigenvalue weighted by molar-refractivity contribution is 1.27. The fraction of sp³-hybridized carbons (Fsp3) is 0.111. The summed E-state index contributed by atoms with van der Waals surface area (Å²) in [6, 6.07) is 0. The maximum Gasteiger partial charge on any atom is 0.0868 e. The summed E-state index contributed by atoms with van der Waals surface area (Å²) in [7, 11) is 0. The summed E-state index contributed by atoms with van der Waals surface area (Å²) >= 11 is 0. The number of rotatable bonds is 0. The minimum Gasteiger partial charge on any atom is -0.256 e. The maximum absolute atomic E-state index is 3.14. The Labute approximate surface area is 54.9 Å². The van der Waals surface area contributed by atoms with Crippen LogP contribution in [0, 0.1) is 12.2 Å². The van der Waals surface area contributed by atoms with E-state index in [4.69, 9.17) is 0 Å². The molecule has 2 rings (SSSR count). The minimum absolute atomic E-state index is 0.965. The van der Waals surface area contributed by atoms with E-state index in [1.807, 2.05) is 18.2 Å². The van der Waals surface area contributed by atoms with Crippen LogP contribution in [-0.2, 0) is 0 Å². The summed E-state index contributed by atoms with van der Waals surface area (Å²) < 4.78 is 0. The highest BCUT2D eigenvalue weighted by atomic mass is 14.1. The summed E-state index contributed by atoms with van der Waals surface area (Å²) in [6.45, 7) is 0. The summed E-state index contributed by atoms with van der Waals surface area (Å²) in [5.74, 6) is 0. The highest BCUT2D eigenvalue weighted by molar-refractivity contribution is 5.47. The molecule has 0 N–H and O–H groups in total. The Bertz CT molecular complexity index is 237. The van der Waals surface area contributed by atoms with E-state index >= 15 is 0 Å². The summed E-state index contributed by atoms with van der Waals surface area (Å²) in [6.07, 6.45) is 15.2. The molecule has 0 aliphatic heterocycles. The fourth-order valence-electron chi connectivity index (χ4n) is 1.04. The Morgan fingerprint density at radius 2 is 2.56 bits per heavy atom. The van der Waals surface area contributed by atoms with Crippen molar-refractivity contribution in [2.45, 2.75) is 6.42 Å². The van der Waals surface area contributed by atoms with Gasteiger partial charge in [-0.15, -0.1) is 0 Å². The Hall–Kier alpha value is -1.13. The van der Waals surface area contributed by atoms with E-state index in [0.29, 0.717) is 0 Å². The molecule has 0 aromatic carbocycles. The van der Waals surface area contributed by atoms with Gasteiger partial charge >= 0.3 is 0 Å².